The predicted molar refractivity (Wildman–Crippen MR) is 99.8 cm³/mol. The molecule has 6 heteroatoms. The molecule has 0 atom stereocenters. The van der Waals surface area contributed by atoms with Gasteiger partial charge >= 0.3 is 0 Å². The van der Waals surface area contributed by atoms with Gasteiger partial charge in [-0.25, -0.2) is 0 Å². The van der Waals surface area contributed by atoms with Gasteiger partial charge < -0.3 is 9.47 Å². The Morgan fingerprint density at radius 3 is 2.36 bits per heavy atom. The molecule has 0 amide bonds. The number of hydrogen-bond donors (Lipinski definition) is 0. The molecule has 0 bridgehead atoms. The average molecular weight is 386 g/mol. The second-order valence-corrected chi connectivity index (χ2v) is 7.51. The van der Waals surface area contributed by atoms with Crippen LogP contribution in [0.5, 0.6) is 11.5 Å². The molecule has 0 aliphatic rings. The largest absolute Gasteiger partial charge is 0.492 e. The van der Waals surface area contributed by atoms with Crippen LogP contribution in [0.25, 0.3) is 0 Å². The number of aromatic nitrogens is 1. The van der Waals surface area contributed by atoms with Gasteiger partial charge in [0.25, 0.3) is 0 Å². The smallest absolute Gasteiger partial charge is 0.156 e. The van der Waals surface area contributed by atoms with Gasteiger partial charge in [0.05, 0.1) is 29.5 Å². The van der Waals surface area contributed by atoms with Gasteiger partial charge in [-0.05, 0) is 23.8 Å². The molecule has 1 heterocycles. The molecule has 0 radical (unpaired) electrons. The van der Waals surface area contributed by atoms with Crippen molar-refractivity contribution >= 4 is 23.2 Å². The normalized spacial score (nSPS) is 11.4. The van der Waals surface area contributed by atoms with Gasteiger partial charge in [0.1, 0.15) is 12.4 Å². The second-order valence-electron chi connectivity index (χ2n) is 6.69. The molecule has 0 aliphatic heterocycles. The summed E-state index contributed by atoms with van der Waals surface area (Å²) < 4.78 is 23.3. The molecule has 3 nitrogen and oxygen atoms in total. The molecule has 2 aromatic rings. The lowest BCUT2D eigenvalue weighted by atomic mass is 9.92. The third-order valence-electron chi connectivity index (χ3n) is 3.51. The van der Waals surface area contributed by atoms with E-state index in [0.29, 0.717) is 41.2 Å². The second kappa shape index (κ2) is 8.72. The van der Waals surface area contributed by atoms with E-state index in [4.69, 9.17) is 32.7 Å². The van der Waals surface area contributed by atoms with Crippen LogP contribution < -0.4 is 9.47 Å². The minimum Gasteiger partial charge on any atom is -0.492 e. The standard InChI is InChI=1S/C19H22Cl2FNO2/c1-19(2,3)18-10-15(21)17(11-23-18)25-12-13-5-6-16(14(20)9-13)24-8-4-7-22/h5-6,9-11H,4,7-8,12H2,1-3H3. The number of pyridine rings is 1. The van der Waals surface area contributed by atoms with E-state index in [1.807, 2.05) is 12.1 Å². The topological polar surface area (TPSA) is 31.4 Å². The van der Waals surface area contributed by atoms with Crippen LogP contribution in [0.3, 0.4) is 0 Å². The van der Waals surface area contributed by atoms with E-state index < -0.39 is 6.67 Å². The first-order chi connectivity index (χ1) is 11.8. The molecule has 0 N–H and O–H groups in total. The van der Waals surface area contributed by atoms with Crippen molar-refractivity contribution in [2.75, 3.05) is 13.3 Å². The van der Waals surface area contributed by atoms with E-state index in [2.05, 4.69) is 25.8 Å². The highest BCUT2D eigenvalue weighted by Crippen LogP contribution is 2.30. The zero-order chi connectivity index (χ0) is 18.4. The summed E-state index contributed by atoms with van der Waals surface area (Å²) in [5.41, 5.74) is 1.70. The van der Waals surface area contributed by atoms with Crippen LogP contribution in [-0.2, 0) is 12.0 Å². The molecular formula is C19H22Cl2FNO2. The monoisotopic (exact) mass is 385 g/mol. The lowest BCUT2D eigenvalue weighted by Crippen LogP contribution is -2.13. The van der Waals surface area contributed by atoms with Crippen LogP contribution in [0.15, 0.2) is 30.5 Å². The Hall–Kier alpha value is -1.52. The van der Waals surface area contributed by atoms with Crippen molar-refractivity contribution in [2.45, 2.75) is 39.2 Å². The molecule has 0 aliphatic carbocycles. The minimum atomic E-state index is -0.410. The number of benzene rings is 1. The summed E-state index contributed by atoms with van der Waals surface area (Å²) in [5.74, 6) is 1.06. The lowest BCUT2D eigenvalue weighted by Gasteiger charge is -2.18. The summed E-state index contributed by atoms with van der Waals surface area (Å²) in [7, 11) is 0. The Labute approximate surface area is 158 Å². The molecule has 25 heavy (non-hydrogen) atoms. The Balaban J connectivity index is 2.00. The highest BCUT2D eigenvalue weighted by atomic mass is 35.5. The maximum Gasteiger partial charge on any atom is 0.156 e. The molecule has 2 rings (SSSR count). The Morgan fingerprint density at radius 2 is 1.76 bits per heavy atom. The molecule has 1 aromatic carbocycles. The molecule has 0 saturated carbocycles. The van der Waals surface area contributed by atoms with Crippen LogP contribution in [0.2, 0.25) is 10.0 Å². The van der Waals surface area contributed by atoms with E-state index in [1.54, 1.807) is 18.3 Å². The van der Waals surface area contributed by atoms with Crippen LogP contribution >= 0.6 is 23.2 Å². The molecular weight excluding hydrogens is 364 g/mol. The highest BCUT2D eigenvalue weighted by Gasteiger charge is 2.17. The third-order valence-corrected chi connectivity index (χ3v) is 4.11. The lowest BCUT2D eigenvalue weighted by molar-refractivity contribution is 0.288. The average Bonchev–Trinajstić information content (AvgIpc) is 2.55. The third kappa shape index (κ3) is 5.75. The summed E-state index contributed by atoms with van der Waals surface area (Å²) >= 11 is 12.5. The van der Waals surface area contributed by atoms with Gasteiger partial charge in [-0.3, -0.25) is 9.37 Å². The maximum atomic E-state index is 12.1. The summed E-state index contributed by atoms with van der Waals surface area (Å²) in [6.45, 7) is 6.42. The van der Waals surface area contributed by atoms with Crippen molar-refractivity contribution in [2.24, 2.45) is 0 Å². The van der Waals surface area contributed by atoms with E-state index >= 15 is 0 Å². The van der Waals surface area contributed by atoms with Gasteiger partial charge in [0, 0.05) is 17.5 Å². The first-order valence-corrected chi connectivity index (χ1v) is 8.83. The van der Waals surface area contributed by atoms with Crippen molar-refractivity contribution in [3.63, 3.8) is 0 Å². The van der Waals surface area contributed by atoms with Crippen molar-refractivity contribution in [1.29, 1.82) is 0 Å². The Bertz CT molecular complexity index is 717. The molecule has 1 aromatic heterocycles. The summed E-state index contributed by atoms with van der Waals surface area (Å²) in [6, 6.07) is 7.19. The molecule has 0 saturated heterocycles. The molecule has 136 valence electrons. The summed E-state index contributed by atoms with van der Waals surface area (Å²) in [4.78, 5) is 4.41. The number of alkyl halides is 1. The quantitative estimate of drug-likeness (QED) is 0.547. The number of hydrogen-bond acceptors (Lipinski definition) is 3. The number of nitrogens with zero attached hydrogens (tertiary/aromatic N) is 1. The summed E-state index contributed by atoms with van der Waals surface area (Å²) in [6.07, 6.45) is 1.98. The number of rotatable bonds is 7. The fourth-order valence-electron chi connectivity index (χ4n) is 2.08. The van der Waals surface area contributed by atoms with E-state index in [0.717, 1.165) is 11.3 Å². The van der Waals surface area contributed by atoms with Crippen molar-refractivity contribution in [1.82, 2.24) is 4.98 Å². The Morgan fingerprint density at radius 1 is 1.04 bits per heavy atom. The van der Waals surface area contributed by atoms with Crippen molar-refractivity contribution in [3.05, 3.63) is 51.8 Å². The fourth-order valence-corrected chi connectivity index (χ4v) is 2.55. The van der Waals surface area contributed by atoms with Gasteiger partial charge in [-0.2, -0.15) is 0 Å². The maximum absolute atomic E-state index is 12.1. The highest BCUT2D eigenvalue weighted by molar-refractivity contribution is 6.32. The van der Waals surface area contributed by atoms with E-state index in [9.17, 15) is 4.39 Å². The fraction of sp³-hybridized carbons (Fsp3) is 0.421. The van der Waals surface area contributed by atoms with Crippen LogP contribution in [0, 0.1) is 0 Å². The molecule has 0 fully saturated rings. The number of halogens is 3. The zero-order valence-corrected chi connectivity index (χ0v) is 16.1. The van der Waals surface area contributed by atoms with Crippen molar-refractivity contribution < 1.29 is 13.9 Å². The van der Waals surface area contributed by atoms with Gasteiger partial charge in [0.15, 0.2) is 5.75 Å². The van der Waals surface area contributed by atoms with Gasteiger partial charge in [-0.1, -0.05) is 50.0 Å². The van der Waals surface area contributed by atoms with Crippen molar-refractivity contribution in [3.8, 4) is 11.5 Å². The molecule has 0 spiro atoms. The van der Waals surface area contributed by atoms with E-state index in [-0.39, 0.29) is 5.41 Å². The zero-order valence-electron chi connectivity index (χ0n) is 14.6. The van der Waals surface area contributed by atoms with Gasteiger partial charge in [-0.15, -0.1) is 0 Å². The molecule has 0 unspecified atom stereocenters. The number of ether oxygens (including phenoxy) is 2. The SMILES string of the molecule is CC(C)(C)c1cc(Cl)c(OCc2ccc(OCCCF)c(Cl)c2)cn1. The van der Waals surface area contributed by atoms with E-state index in [1.165, 1.54) is 0 Å². The summed E-state index contributed by atoms with van der Waals surface area (Å²) in [5, 5.41) is 0.990. The van der Waals surface area contributed by atoms with Crippen LogP contribution in [0.4, 0.5) is 4.39 Å². The van der Waals surface area contributed by atoms with Crippen LogP contribution in [0.1, 0.15) is 38.4 Å². The first kappa shape index (κ1) is 19.8. The minimum absolute atomic E-state index is 0.0757. The predicted octanol–water partition coefficient (Wildman–Crippen LogP) is 6.00. The van der Waals surface area contributed by atoms with Crippen LogP contribution in [-0.4, -0.2) is 18.3 Å². The Kier molecular flexibility index (Phi) is 6.91. The van der Waals surface area contributed by atoms with Gasteiger partial charge in [0.2, 0.25) is 0 Å². The first-order valence-electron chi connectivity index (χ1n) is 8.07.